The van der Waals surface area contributed by atoms with Gasteiger partial charge in [0.2, 0.25) is 0 Å². The zero-order chi connectivity index (χ0) is 14.3. The molecule has 20 heavy (non-hydrogen) atoms. The van der Waals surface area contributed by atoms with Gasteiger partial charge in [-0.1, -0.05) is 11.6 Å². The molecule has 2 aliphatic rings. The molecular weight excluding hydrogens is 274 g/mol. The minimum absolute atomic E-state index is 0.0209. The smallest absolute Gasteiger partial charge is 0.163 e. The van der Waals surface area contributed by atoms with E-state index in [1.165, 1.54) is 12.8 Å². The maximum atomic E-state index is 11.7. The third-order valence-electron chi connectivity index (χ3n) is 4.71. The highest BCUT2D eigenvalue weighted by atomic mass is 35.5. The number of ketones is 1. The highest BCUT2D eigenvalue weighted by Crippen LogP contribution is 2.36. The number of carbonyl (C=O) groups is 1. The van der Waals surface area contributed by atoms with Crippen LogP contribution in [0.25, 0.3) is 0 Å². The number of aromatic nitrogens is 1. The first-order valence-corrected chi connectivity index (χ1v) is 7.57. The van der Waals surface area contributed by atoms with Crippen LogP contribution in [0.4, 0.5) is 5.69 Å². The van der Waals surface area contributed by atoms with Crippen LogP contribution < -0.4 is 5.32 Å². The summed E-state index contributed by atoms with van der Waals surface area (Å²) in [5, 5.41) is 3.95. The highest BCUT2D eigenvalue weighted by Gasteiger charge is 2.38. The van der Waals surface area contributed by atoms with E-state index in [1.54, 1.807) is 19.2 Å². The van der Waals surface area contributed by atoms with Gasteiger partial charge in [-0.2, -0.15) is 0 Å². The standard InChI is InChI=1S/C15H20ClN3O/c1-9(20)13-8-17-15(16)7-14(13)18-10-5-11-3-4-12(6-10)19(11)2/h7-8,10-12H,3-6H2,1-2H3,(H,17,18). The number of nitrogens with one attached hydrogen (secondary N) is 1. The molecule has 0 aliphatic carbocycles. The molecule has 0 spiro atoms. The van der Waals surface area contributed by atoms with E-state index in [-0.39, 0.29) is 5.78 Å². The summed E-state index contributed by atoms with van der Waals surface area (Å²) in [5.41, 5.74) is 1.45. The number of carbonyl (C=O) groups excluding carboxylic acids is 1. The predicted molar refractivity (Wildman–Crippen MR) is 80.5 cm³/mol. The van der Waals surface area contributed by atoms with Crippen LogP contribution in [0.3, 0.4) is 0 Å². The molecule has 0 amide bonds. The lowest BCUT2D eigenvalue weighted by atomic mass is 9.97. The third kappa shape index (κ3) is 2.54. The Balaban J connectivity index is 1.78. The van der Waals surface area contributed by atoms with Crippen LogP contribution in [0.5, 0.6) is 0 Å². The molecule has 5 heteroatoms. The number of nitrogens with zero attached hydrogens (tertiary/aromatic N) is 2. The Bertz CT molecular complexity index is 520. The van der Waals surface area contributed by atoms with Gasteiger partial charge in [-0.05, 0) is 45.7 Å². The van der Waals surface area contributed by atoms with Crippen LogP contribution in [0.15, 0.2) is 12.3 Å². The summed E-state index contributed by atoms with van der Waals surface area (Å²) < 4.78 is 0. The van der Waals surface area contributed by atoms with Crippen molar-refractivity contribution in [1.29, 1.82) is 0 Å². The molecule has 3 rings (SSSR count). The van der Waals surface area contributed by atoms with Gasteiger partial charge in [0.25, 0.3) is 0 Å². The average molecular weight is 294 g/mol. The van der Waals surface area contributed by atoms with Gasteiger partial charge in [-0.25, -0.2) is 4.98 Å². The molecule has 2 aliphatic heterocycles. The van der Waals surface area contributed by atoms with Crippen LogP contribution in [0.2, 0.25) is 5.15 Å². The monoisotopic (exact) mass is 293 g/mol. The van der Waals surface area contributed by atoms with E-state index in [0.29, 0.717) is 28.8 Å². The minimum atomic E-state index is 0.0209. The van der Waals surface area contributed by atoms with Crippen molar-refractivity contribution in [2.75, 3.05) is 12.4 Å². The summed E-state index contributed by atoms with van der Waals surface area (Å²) >= 11 is 5.96. The molecule has 0 radical (unpaired) electrons. The van der Waals surface area contributed by atoms with Crippen LogP contribution in [-0.4, -0.2) is 40.8 Å². The SMILES string of the molecule is CC(=O)c1cnc(Cl)cc1NC1CC2CCC(C1)N2C. The van der Waals surface area contributed by atoms with Crippen molar-refractivity contribution < 1.29 is 4.79 Å². The quantitative estimate of drug-likeness (QED) is 0.687. The van der Waals surface area contributed by atoms with E-state index in [9.17, 15) is 4.79 Å². The average Bonchev–Trinajstić information content (AvgIpc) is 2.62. The minimum Gasteiger partial charge on any atom is -0.381 e. The van der Waals surface area contributed by atoms with Crippen LogP contribution in [0.1, 0.15) is 43.0 Å². The number of hydrogen-bond acceptors (Lipinski definition) is 4. The number of rotatable bonds is 3. The third-order valence-corrected chi connectivity index (χ3v) is 4.91. The summed E-state index contributed by atoms with van der Waals surface area (Å²) in [6.07, 6.45) is 6.40. The van der Waals surface area contributed by atoms with Crippen LogP contribution in [-0.2, 0) is 0 Å². The molecule has 2 saturated heterocycles. The van der Waals surface area contributed by atoms with Crippen molar-refractivity contribution in [2.45, 2.75) is 50.7 Å². The largest absolute Gasteiger partial charge is 0.381 e. The maximum absolute atomic E-state index is 11.7. The molecule has 0 saturated carbocycles. The molecular formula is C15H20ClN3O. The number of Topliss-reactive ketones (excluding diaryl/α,β-unsaturated/α-hetero) is 1. The number of piperidine rings is 1. The Morgan fingerprint density at radius 2 is 2.05 bits per heavy atom. The van der Waals surface area contributed by atoms with E-state index in [4.69, 9.17) is 11.6 Å². The summed E-state index contributed by atoms with van der Waals surface area (Å²) in [6.45, 7) is 1.56. The number of halogens is 1. The van der Waals surface area contributed by atoms with Gasteiger partial charge in [0.15, 0.2) is 5.78 Å². The molecule has 1 aromatic rings. The summed E-state index contributed by atoms with van der Waals surface area (Å²) in [7, 11) is 2.23. The Labute approximate surface area is 124 Å². The highest BCUT2D eigenvalue weighted by molar-refractivity contribution is 6.29. The number of pyridine rings is 1. The Morgan fingerprint density at radius 3 is 2.65 bits per heavy atom. The van der Waals surface area contributed by atoms with Crippen molar-refractivity contribution in [3.63, 3.8) is 0 Å². The van der Waals surface area contributed by atoms with Crippen molar-refractivity contribution in [1.82, 2.24) is 9.88 Å². The van der Waals surface area contributed by atoms with Crippen molar-refractivity contribution in [3.05, 3.63) is 23.0 Å². The fraction of sp³-hybridized carbons (Fsp3) is 0.600. The van der Waals surface area contributed by atoms with Crippen LogP contribution in [0, 0.1) is 0 Å². The van der Waals surface area contributed by atoms with E-state index in [2.05, 4.69) is 22.2 Å². The van der Waals surface area contributed by atoms with Gasteiger partial charge in [0.05, 0.1) is 5.56 Å². The van der Waals surface area contributed by atoms with E-state index < -0.39 is 0 Å². The molecule has 1 N–H and O–H groups in total. The van der Waals surface area contributed by atoms with Gasteiger partial charge < -0.3 is 10.2 Å². The molecule has 1 aromatic heterocycles. The first kappa shape index (κ1) is 13.8. The fourth-order valence-corrected chi connectivity index (χ4v) is 3.74. The summed E-state index contributed by atoms with van der Waals surface area (Å²) in [5.74, 6) is 0.0209. The summed E-state index contributed by atoms with van der Waals surface area (Å²) in [6, 6.07) is 3.52. The van der Waals surface area contributed by atoms with E-state index in [1.807, 2.05) is 0 Å². The second kappa shape index (κ2) is 5.34. The van der Waals surface area contributed by atoms with Gasteiger partial charge >= 0.3 is 0 Å². The second-order valence-electron chi connectivity index (χ2n) is 5.97. The van der Waals surface area contributed by atoms with Gasteiger partial charge in [0.1, 0.15) is 5.15 Å². The molecule has 108 valence electrons. The number of fused-ring (bicyclic) bond motifs is 2. The molecule has 2 unspecified atom stereocenters. The van der Waals surface area contributed by atoms with Gasteiger partial charge in [0, 0.05) is 30.0 Å². The lowest BCUT2D eigenvalue weighted by Crippen LogP contribution is -2.44. The number of hydrogen-bond donors (Lipinski definition) is 1. The normalized spacial score (nSPS) is 29.4. The molecule has 3 heterocycles. The van der Waals surface area contributed by atoms with Crippen molar-refractivity contribution >= 4 is 23.1 Å². The number of anilines is 1. The topological polar surface area (TPSA) is 45.2 Å². The van der Waals surface area contributed by atoms with Crippen molar-refractivity contribution in [2.24, 2.45) is 0 Å². The molecule has 2 bridgehead atoms. The molecule has 2 fully saturated rings. The molecule has 2 atom stereocenters. The van der Waals surface area contributed by atoms with Crippen LogP contribution >= 0.6 is 11.6 Å². The first-order valence-electron chi connectivity index (χ1n) is 7.19. The maximum Gasteiger partial charge on any atom is 0.163 e. The predicted octanol–water partition coefficient (Wildman–Crippen LogP) is 2.97. The second-order valence-corrected chi connectivity index (χ2v) is 6.36. The summed E-state index contributed by atoms with van der Waals surface area (Å²) in [4.78, 5) is 18.2. The molecule has 4 nitrogen and oxygen atoms in total. The molecule has 0 aromatic carbocycles. The van der Waals surface area contributed by atoms with E-state index >= 15 is 0 Å². The lowest BCUT2D eigenvalue weighted by Gasteiger charge is -2.37. The van der Waals surface area contributed by atoms with Gasteiger partial charge in [-0.15, -0.1) is 0 Å². The van der Waals surface area contributed by atoms with Gasteiger partial charge in [-0.3, -0.25) is 4.79 Å². The Kier molecular flexibility index (Phi) is 3.69. The first-order chi connectivity index (χ1) is 9.54. The van der Waals surface area contributed by atoms with Crippen molar-refractivity contribution in [3.8, 4) is 0 Å². The lowest BCUT2D eigenvalue weighted by molar-refractivity contribution is 0.101. The Morgan fingerprint density at radius 1 is 1.40 bits per heavy atom. The zero-order valence-corrected chi connectivity index (χ0v) is 12.7. The zero-order valence-electron chi connectivity index (χ0n) is 11.9. The van der Waals surface area contributed by atoms with E-state index in [0.717, 1.165) is 18.5 Å². The Hall–Kier alpha value is -1.13. The fourth-order valence-electron chi connectivity index (χ4n) is 3.58.